The molecular formula is C13H18Cl2O. The van der Waals surface area contributed by atoms with Gasteiger partial charge in [0.1, 0.15) is 5.75 Å². The lowest BCUT2D eigenvalue weighted by atomic mass is 9.76. The molecule has 0 saturated carbocycles. The summed E-state index contributed by atoms with van der Waals surface area (Å²) in [6.45, 7) is 4.29. The van der Waals surface area contributed by atoms with E-state index in [1.54, 1.807) is 12.1 Å². The Morgan fingerprint density at radius 2 is 1.62 bits per heavy atom. The zero-order chi connectivity index (χ0) is 12.2. The Bertz CT molecular complexity index is 315. The predicted molar refractivity (Wildman–Crippen MR) is 70.5 cm³/mol. The number of phenolic OH excluding ortho intramolecular Hbond substituents is 1. The van der Waals surface area contributed by atoms with Gasteiger partial charge in [0.2, 0.25) is 0 Å². The lowest BCUT2D eigenvalue weighted by Crippen LogP contribution is -2.33. The molecule has 0 amide bonds. The first-order chi connectivity index (χ1) is 7.54. The molecule has 0 aromatic heterocycles. The van der Waals surface area contributed by atoms with Gasteiger partial charge in [0.05, 0.1) is 0 Å². The monoisotopic (exact) mass is 260 g/mol. The van der Waals surface area contributed by atoms with Gasteiger partial charge in [-0.1, -0.05) is 26.0 Å². The average Bonchev–Trinajstić information content (AvgIpc) is 2.28. The van der Waals surface area contributed by atoms with Crippen LogP contribution in [0.1, 0.15) is 19.4 Å². The van der Waals surface area contributed by atoms with Crippen LogP contribution in [0.25, 0.3) is 0 Å². The van der Waals surface area contributed by atoms with Crippen molar-refractivity contribution >= 4 is 23.2 Å². The number of hydrogen-bond donors (Lipinski definition) is 1. The number of benzene rings is 1. The number of hydrogen-bond acceptors (Lipinski definition) is 1. The fourth-order valence-electron chi connectivity index (χ4n) is 1.66. The fourth-order valence-corrected chi connectivity index (χ4v) is 2.76. The number of aromatic hydroxyl groups is 1. The van der Waals surface area contributed by atoms with Crippen LogP contribution in [0.3, 0.4) is 0 Å². The van der Waals surface area contributed by atoms with E-state index in [0.717, 1.165) is 12.0 Å². The molecule has 0 heterocycles. The normalized spacial score (nSPS) is 12.1. The molecule has 0 fully saturated rings. The van der Waals surface area contributed by atoms with Crippen LogP contribution in [0.4, 0.5) is 0 Å². The van der Waals surface area contributed by atoms with E-state index in [0.29, 0.717) is 17.7 Å². The largest absolute Gasteiger partial charge is 0.508 e. The van der Waals surface area contributed by atoms with Gasteiger partial charge < -0.3 is 5.11 Å². The fraction of sp³-hybridized carbons (Fsp3) is 0.538. The molecule has 0 spiro atoms. The van der Waals surface area contributed by atoms with E-state index < -0.39 is 0 Å². The Kier molecular flexibility index (Phi) is 4.94. The second kappa shape index (κ2) is 5.79. The van der Waals surface area contributed by atoms with Crippen molar-refractivity contribution in [1.29, 1.82) is 0 Å². The predicted octanol–water partition coefficient (Wildman–Crippen LogP) is 4.05. The Hall–Kier alpha value is -0.400. The topological polar surface area (TPSA) is 20.2 Å². The second-order valence-electron chi connectivity index (χ2n) is 4.63. The van der Waals surface area contributed by atoms with Gasteiger partial charge in [-0.05, 0) is 30.0 Å². The van der Waals surface area contributed by atoms with Crippen LogP contribution in [0, 0.1) is 11.3 Å². The van der Waals surface area contributed by atoms with Crippen LogP contribution in [0.15, 0.2) is 24.3 Å². The zero-order valence-electron chi connectivity index (χ0n) is 9.71. The van der Waals surface area contributed by atoms with Gasteiger partial charge in [-0.15, -0.1) is 23.2 Å². The van der Waals surface area contributed by atoms with E-state index in [9.17, 15) is 5.11 Å². The number of rotatable bonds is 5. The van der Waals surface area contributed by atoms with Gasteiger partial charge in [-0.3, -0.25) is 0 Å². The molecule has 1 nitrogen and oxygen atoms in total. The summed E-state index contributed by atoms with van der Waals surface area (Å²) < 4.78 is 0. The minimum Gasteiger partial charge on any atom is -0.508 e. The van der Waals surface area contributed by atoms with Crippen molar-refractivity contribution in [2.75, 3.05) is 11.8 Å². The molecule has 0 radical (unpaired) electrons. The first-order valence-electron chi connectivity index (χ1n) is 5.44. The first kappa shape index (κ1) is 13.7. The Labute approximate surface area is 107 Å². The van der Waals surface area contributed by atoms with Crippen LogP contribution in [0.5, 0.6) is 5.75 Å². The van der Waals surface area contributed by atoms with E-state index in [-0.39, 0.29) is 11.2 Å². The Morgan fingerprint density at radius 3 is 2.00 bits per heavy atom. The molecule has 0 aliphatic carbocycles. The molecule has 0 bridgehead atoms. The van der Waals surface area contributed by atoms with Crippen molar-refractivity contribution in [1.82, 2.24) is 0 Å². The zero-order valence-corrected chi connectivity index (χ0v) is 11.2. The van der Waals surface area contributed by atoms with Gasteiger partial charge in [0, 0.05) is 17.2 Å². The highest BCUT2D eigenvalue weighted by Crippen LogP contribution is 2.34. The summed E-state index contributed by atoms with van der Waals surface area (Å²) >= 11 is 12.1. The molecule has 1 aromatic rings. The first-order valence-corrected chi connectivity index (χ1v) is 6.51. The smallest absolute Gasteiger partial charge is 0.115 e. The van der Waals surface area contributed by atoms with Gasteiger partial charge in [-0.25, -0.2) is 0 Å². The maximum absolute atomic E-state index is 9.23. The number of halogens is 2. The van der Waals surface area contributed by atoms with Gasteiger partial charge in [-0.2, -0.15) is 0 Å². The van der Waals surface area contributed by atoms with Crippen molar-refractivity contribution in [3.63, 3.8) is 0 Å². The van der Waals surface area contributed by atoms with Gasteiger partial charge >= 0.3 is 0 Å². The van der Waals surface area contributed by atoms with Gasteiger partial charge in [0.15, 0.2) is 0 Å². The molecule has 0 aliphatic heterocycles. The molecule has 90 valence electrons. The third-order valence-electron chi connectivity index (χ3n) is 3.25. The van der Waals surface area contributed by atoms with Crippen LogP contribution in [-0.4, -0.2) is 16.9 Å². The molecule has 0 unspecified atom stereocenters. The van der Waals surface area contributed by atoms with Crippen LogP contribution in [0.2, 0.25) is 0 Å². The van der Waals surface area contributed by atoms with E-state index in [1.165, 1.54) is 0 Å². The van der Waals surface area contributed by atoms with Crippen molar-refractivity contribution in [2.45, 2.75) is 20.3 Å². The third-order valence-corrected chi connectivity index (χ3v) is 4.31. The van der Waals surface area contributed by atoms with E-state index in [2.05, 4.69) is 13.8 Å². The van der Waals surface area contributed by atoms with Crippen molar-refractivity contribution < 1.29 is 5.11 Å². The van der Waals surface area contributed by atoms with Crippen LogP contribution >= 0.6 is 23.2 Å². The Balaban J connectivity index is 2.87. The molecule has 16 heavy (non-hydrogen) atoms. The Morgan fingerprint density at radius 1 is 1.12 bits per heavy atom. The standard InChI is InChI=1S/C13H18Cl2O/c1-10(2)13(8-14,9-15)7-11-3-5-12(16)6-4-11/h3-6,10,16H,7-9H2,1-2H3. The summed E-state index contributed by atoms with van der Waals surface area (Å²) in [6.07, 6.45) is 0.845. The van der Waals surface area contributed by atoms with Crippen molar-refractivity contribution in [2.24, 2.45) is 11.3 Å². The van der Waals surface area contributed by atoms with Crippen LogP contribution < -0.4 is 0 Å². The molecule has 0 aliphatic rings. The molecule has 0 saturated heterocycles. The van der Waals surface area contributed by atoms with Gasteiger partial charge in [0.25, 0.3) is 0 Å². The molecular weight excluding hydrogens is 243 g/mol. The lowest BCUT2D eigenvalue weighted by molar-refractivity contribution is 0.259. The van der Waals surface area contributed by atoms with Crippen LogP contribution in [-0.2, 0) is 6.42 Å². The van der Waals surface area contributed by atoms with Crippen molar-refractivity contribution in [3.8, 4) is 5.75 Å². The third kappa shape index (κ3) is 3.05. The molecule has 1 N–H and O–H groups in total. The highest BCUT2D eigenvalue weighted by Gasteiger charge is 2.32. The summed E-state index contributed by atoms with van der Waals surface area (Å²) in [5.74, 6) is 1.82. The van der Waals surface area contributed by atoms with E-state index in [4.69, 9.17) is 23.2 Å². The highest BCUT2D eigenvalue weighted by molar-refractivity contribution is 6.21. The summed E-state index contributed by atoms with van der Waals surface area (Å²) in [7, 11) is 0. The number of alkyl halides is 2. The van der Waals surface area contributed by atoms with E-state index >= 15 is 0 Å². The molecule has 1 rings (SSSR count). The SMILES string of the molecule is CC(C)C(CCl)(CCl)Cc1ccc(O)cc1. The van der Waals surface area contributed by atoms with Crippen molar-refractivity contribution in [3.05, 3.63) is 29.8 Å². The minimum atomic E-state index is -0.0694. The minimum absolute atomic E-state index is 0.0694. The summed E-state index contributed by atoms with van der Waals surface area (Å²) in [4.78, 5) is 0. The summed E-state index contributed by atoms with van der Waals surface area (Å²) in [5.41, 5.74) is 1.09. The second-order valence-corrected chi connectivity index (χ2v) is 5.16. The van der Waals surface area contributed by atoms with E-state index in [1.807, 2.05) is 12.1 Å². The highest BCUT2D eigenvalue weighted by atomic mass is 35.5. The summed E-state index contributed by atoms with van der Waals surface area (Å²) in [6, 6.07) is 7.24. The molecule has 3 heteroatoms. The number of phenols is 1. The molecule has 1 aromatic carbocycles. The quantitative estimate of drug-likeness (QED) is 0.792. The maximum atomic E-state index is 9.23. The maximum Gasteiger partial charge on any atom is 0.115 e. The summed E-state index contributed by atoms with van der Waals surface area (Å²) in [5, 5.41) is 9.23. The average molecular weight is 261 g/mol. The lowest BCUT2D eigenvalue weighted by Gasteiger charge is -2.34. The molecule has 0 atom stereocenters.